The van der Waals surface area contributed by atoms with Crippen LogP contribution >= 0.6 is 0 Å². The van der Waals surface area contributed by atoms with Gasteiger partial charge in [-0.1, -0.05) is 0 Å². The highest BCUT2D eigenvalue weighted by atomic mass is 19.3. The van der Waals surface area contributed by atoms with E-state index >= 15 is 0 Å². The Morgan fingerprint density at radius 2 is 2.22 bits per heavy atom. The Balaban J connectivity index is 3.38. The molecule has 0 unspecified atom stereocenters. The van der Waals surface area contributed by atoms with Crippen molar-refractivity contribution in [2.45, 2.75) is 6.43 Å². The van der Waals surface area contributed by atoms with Gasteiger partial charge in [0.25, 0.3) is 6.43 Å². The molecular formula is C5H10F2N2. The van der Waals surface area contributed by atoms with Crippen LogP contribution in [0.1, 0.15) is 0 Å². The summed E-state index contributed by atoms with van der Waals surface area (Å²) in [5.74, 6) is 0. The van der Waals surface area contributed by atoms with E-state index in [0.29, 0.717) is 0 Å². The van der Waals surface area contributed by atoms with Crippen LogP contribution in [0.25, 0.3) is 0 Å². The van der Waals surface area contributed by atoms with E-state index in [2.05, 4.69) is 4.99 Å². The van der Waals surface area contributed by atoms with Gasteiger partial charge in [-0.3, -0.25) is 4.99 Å². The molecule has 0 amide bonds. The van der Waals surface area contributed by atoms with Gasteiger partial charge in [0.05, 0.1) is 12.9 Å². The van der Waals surface area contributed by atoms with E-state index in [1.165, 1.54) is 11.2 Å². The van der Waals surface area contributed by atoms with Crippen molar-refractivity contribution in [1.82, 2.24) is 4.90 Å². The maximum atomic E-state index is 11.5. The first kappa shape index (κ1) is 8.33. The summed E-state index contributed by atoms with van der Waals surface area (Å²) in [5, 5.41) is 0. The van der Waals surface area contributed by atoms with E-state index in [1.54, 1.807) is 14.1 Å². The highest BCUT2D eigenvalue weighted by Crippen LogP contribution is 1.92. The molecule has 0 aromatic rings. The highest BCUT2D eigenvalue weighted by Gasteiger charge is 2.02. The standard InChI is InChI=1S/C5H10F2N2/c1-8-4-9(2)3-5(6)7/h4-5H,3H2,1-2H3. The van der Waals surface area contributed by atoms with Crippen molar-refractivity contribution in [3.8, 4) is 0 Å². The molecule has 0 heterocycles. The van der Waals surface area contributed by atoms with Gasteiger partial charge in [0.2, 0.25) is 0 Å². The van der Waals surface area contributed by atoms with Crippen molar-refractivity contribution in [3.05, 3.63) is 0 Å². The molecule has 0 aliphatic carbocycles. The minimum atomic E-state index is -2.28. The Morgan fingerprint density at radius 1 is 1.67 bits per heavy atom. The summed E-state index contributed by atoms with van der Waals surface area (Å²) in [6, 6.07) is 0. The summed E-state index contributed by atoms with van der Waals surface area (Å²) in [7, 11) is 3.10. The number of alkyl halides is 2. The molecule has 0 radical (unpaired) electrons. The zero-order valence-electron chi connectivity index (χ0n) is 5.51. The second-order valence-corrected chi connectivity index (χ2v) is 1.70. The third-order valence-corrected chi connectivity index (χ3v) is 0.739. The average molecular weight is 136 g/mol. The van der Waals surface area contributed by atoms with Gasteiger partial charge in [-0.15, -0.1) is 0 Å². The van der Waals surface area contributed by atoms with Crippen LogP contribution in [0.15, 0.2) is 4.99 Å². The topological polar surface area (TPSA) is 15.6 Å². The van der Waals surface area contributed by atoms with Crippen molar-refractivity contribution in [2.75, 3.05) is 20.6 Å². The van der Waals surface area contributed by atoms with Crippen molar-refractivity contribution in [1.29, 1.82) is 0 Å². The average Bonchev–Trinajstić information content (AvgIpc) is 1.63. The highest BCUT2D eigenvalue weighted by molar-refractivity contribution is 5.53. The number of halogens is 2. The van der Waals surface area contributed by atoms with E-state index in [-0.39, 0.29) is 6.54 Å². The van der Waals surface area contributed by atoms with Crippen LogP contribution in [0.5, 0.6) is 0 Å². The van der Waals surface area contributed by atoms with E-state index < -0.39 is 6.43 Å². The Bertz CT molecular complexity index is 93.0. The fraction of sp³-hybridized carbons (Fsp3) is 0.800. The van der Waals surface area contributed by atoms with Crippen LogP contribution in [-0.2, 0) is 0 Å². The van der Waals surface area contributed by atoms with Crippen molar-refractivity contribution < 1.29 is 8.78 Å². The van der Waals surface area contributed by atoms with Gasteiger partial charge in [0.15, 0.2) is 0 Å². The second-order valence-electron chi connectivity index (χ2n) is 1.70. The Kier molecular flexibility index (Phi) is 3.92. The zero-order chi connectivity index (χ0) is 7.28. The first-order valence-corrected chi connectivity index (χ1v) is 2.57. The largest absolute Gasteiger partial charge is 0.360 e. The zero-order valence-corrected chi connectivity index (χ0v) is 5.51. The minimum absolute atomic E-state index is 0.253. The van der Waals surface area contributed by atoms with Crippen molar-refractivity contribution in [2.24, 2.45) is 4.99 Å². The lowest BCUT2D eigenvalue weighted by molar-refractivity contribution is 0.125. The third-order valence-electron chi connectivity index (χ3n) is 0.739. The van der Waals surface area contributed by atoms with E-state index in [0.717, 1.165) is 0 Å². The first-order chi connectivity index (χ1) is 4.16. The molecule has 0 aromatic heterocycles. The maximum absolute atomic E-state index is 11.5. The molecule has 0 atom stereocenters. The predicted molar refractivity (Wildman–Crippen MR) is 33.0 cm³/mol. The molecule has 2 nitrogen and oxygen atoms in total. The summed E-state index contributed by atoms with van der Waals surface area (Å²) >= 11 is 0. The summed E-state index contributed by atoms with van der Waals surface area (Å²) < 4.78 is 23.0. The molecular weight excluding hydrogens is 126 g/mol. The van der Waals surface area contributed by atoms with Crippen LogP contribution in [0.2, 0.25) is 0 Å². The Labute approximate surface area is 53.2 Å². The van der Waals surface area contributed by atoms with E-state index in [9.17, 15) is 8.78 Å². The minimum Gasteiger partial charge on any atom is -0.360 e. The molecule has 54 valence electrons. The van der Waals surface area contributed by atoms with Gasteiger partial charge in [-0.25, -0.2) is 8.78 Å². The monoisotopic (exact) mass is 136 g/mol. The van der Waals surface area contributed by atoms with Crippen molar-refractivity contribution in [3.63, 3.8) is 0 Å². The van der Waals surface area contributed by atoms with Crippen molar-refractivity contribution >= 4 is 6.34 Å². The molecule has 0 aliphatic rings. The number of nitrogens with zero attached hydrogens (tertiary/aromatic N) is 2. The summed E-state index contributed by atoms with van der Waals surface area (Å²) in [6.07, 6.45) is -0.917. The molecule has 0 saturated carbocycles. The molecule has 0 fully saturated rings. The summed E-state index contributed by atoms with van der Waals surface area (Å²) in [4.78, 5) is 4.89. The van der Waals surface area contributed by atoms with Crippen LogP contribution < -0.4 is 0 Å². The SMILES string of the molecule is CN=CN(C)CC(F)F. The third kappa shape index (κ3) is 5.20. The van der Waals surface area contributed by atoms with Gasteiger partial charge in [-0.2, -0.15) is 0 Å². The molecule has 9 heavy (non-hydrogen) atoms. The van der Waals surface area contributed by atoms with Gasteiger partial charge < -0.3 is 4.90 Å². The lowest BCUT2D eigenvalue weighted by atomic mass is 10.6. The first-order valence-electron chi connectivity index (χ1n) is 2.57. The Morgan fingerprint density at radius 3 is 2.56 bits per heavy atom. The van der Waals surface area contributed by atoms with Crippen LogP contribution in [-0.4, -0.2) is 38.3 Å². The van der Waals surface area contributed by atoms with Crippen LogP contribution in [0, 0.1) is 0 Å². The molecule has 0 saturated heterocycles. The van der Waals surface area contributed by atoms with Gasteiger partial charge in [0.1, 0.15) is 0 Å². The summed E-state index contributed by atoms with van der Waals surface area (Å²) in [5.41, 5.74) is 0. The predicted octanol–water partition coefficient (Wildman–Crippen LogP) is 0.841. The maximum Gasteiger partial charge on any atom is 0.255 e. The fourth-order valence-corrected chi connectivity index (χ4v) is 0.462. The second kappa shape index (κ2) is 4.23. The van der Waals surface area contributed by atoms with Gasteiger partial charge in [0, 0.05) is 14.1 Å². The quantitative estimate of drug-likeness (QED) is 0.414. The number of rotatable bonds is 3. The summed E-state index contributed by atoms with van der Waals surface area (Å²) in [6.45, 7) is -0.253. The van der Waals surface area contributed by atoms with Gasteiger partial charge in [-0.05, 0) is 0 Å². The lowest BCUT2D eigenvalue weighted by Gasteiger charge is -2.10. The molecule has 0 spiro atoms. The smallest absolute Gasteiger partial charge is 0.255 e. The van der Waals surface area contributed by atoms with Crippen LogP contribution in [0.4, 0.5) is 8.78 Å². The molecule has 4 heteroatoms. The number of hydrogen-bond donors (Lipinski definition) is 0. The Hall–Kier alpha value is -0.670. The van der Waals surface area contributed by atoms with E-state index in [4.69, 9.17) is 0 Å². The van der Waals surface area contributed by atoms with Gasteiger partial charge >= 0.3 is 0 Å². The number of aliphatic imine (C=N–C) groups is 1. The fourth-order valence-electron chi connectivity index (χ4n) is 0.462. The number of hydrogen-bond acceptors (Lipinski definition) is 1. The molecule has 0 rings (SSSR count). The molecule has 0 bridgehead atoms. The molecule has 0 aromatic carbocycles. The van der Waals surface area contributed by atoms with E-state index in [1.807, 2.05) is 0 Å². The molecule has 0 aliphatic heterocycles. The van der Waals surface area contributed by atoms with Crippen LogP contribution in [0.3, 0.4) is 0 Å². The normalized spacial score (nSPS) is 11.2. The molecule has 0 N–H and O–H groups in total. The lowest BCUT2D eigenvalue weighted by Crippen LogP contribution is -2.22.